The molecule has 154 valence electrons. The number of rotatable bonds is 5. The zero-order valence-corrected chi connectivity index (χ0v) is 16.9. The zero-order valence-electron chi connectivity index (χ0n) is 16.9. The van der Waals surface area contributed by atoms with Crippen LogP contribution in [0.2, 0.25) is 0 Å². The molecule has 0 aliphatic heterocycles. The summed E-state index contributed by atoms with van der Waals surface area (Å²) in [6.45, 7) is 0. The number of amides is 2. The molecule has 7 heteroatoms. The minimum atomic E-state index is -0.197. The minimum absolute atomic E-state index is 0.0993. The van der Waals surface area contributed by atoms with E-state index in [-0.39, 0.29) is 35.4 Å². The van der Waals surface area contributed by atoms with Gasteiger partial charge in [-0.15, -0.1) is 0 Å². The van der Waals surface area contributed by atoms with Crippen molar-refractivity contribution in [1.82, 2.24) is 14.8 Å². The van der Waals surface area contributed by atoms with Gasteiger partial charge in [0.15, 0.2) is 0 Å². The first-order valence-electron chi connectivity index (χ1n) is 9.90. The molecule has 2 aromatic rings. The number of hydrogen-bond acceptors (Lipinski definition) is 4. The third-order valence-corrected chi connectivity index (χ3v) is 5.52. The van der Waals surface area contributed by atoms with Crippen molar-refractivity contribution in [2.45, 2.75) is 37.8 Å². The maximum Gasteiger partial charge on any atom is 0.255 e. The lowest BCUT2D eigenvalue weighted by atomic mass is 9.80. The molecule has 1 aliphatic carbocycles. The van der Waals surface area contributed by atoms with Crippen molar-refractivity contribution in [3.63, 3.8) is 0 Å². The molecule has 3 atom stereocenters. The molecule has 1 saturated carbocycles. The summed E-state index contributed by atoms with van der Waals surface area (Å²) in [6, 6.07) is 11.6. The Bertz CT molecular complexity index is 920. The Balaban J connectivity index is 1.65. The molecular formula is C22H28N4O3. The molecule has 1 heterocycles. The van der Waals surface area contributed by atoms with Crippen molar-refractivity contribution in [2.75, 3.05) is 14.1 Å². The lowest BCUT2D eigenvalue weighted by Gasteiger charge is -2.34. The van der Waals surface area contributed by atoms with Crippen LogP contribution in [-0.4, -0.2) is 47.5 Å². The highest BCUT2D eigenvalue weighted by Crippen LogP contribution is 2.27. The standard InChI is InChI=1S/C22H28N4O3/c1-25(2)21(28)14-15-6-11-18(23)19(13-15)24-22(29)16-7-9-17(10-8-16)26-12-4-3-5-20(26)27/h3-5,7-10,12,15,18-19H,6,11,13-14,23H2,1-2H3,(H,24,29). The number of nitrogens with one attached hydrogen (secondary N) is 1. The molecule has 1 aromatic heterocycles. The van der Waals surface area contributed by atoms with Crippen LogP contribution in [0, 0.1) is 5.92 Å². The minimum Gasteiger partial charge on any atom is -0.349 e. The van der Waals surface area contributed by atoms with Crippen molar-refractivity contribution in [3.05, 3.63) is 64.6 Å². The first kappa shape index (κ1) is 20.8. The van der Waals surface area contributed by atoms with E-state index in [9.17, 15) is 14.4 Å². The topological polar surface area (TPSA) is 97.4 Å². The monoisotopic (exact) mass is 396 g/mol. The fourth-order valence-corrected chi connectivity index (χ4v) is 3.73. The highest BCUT2D eigenvalue weighted by molar-refractivity contribution is 5.94. The molecule has 1 fully saturated rings. The molecule has 1 aromatic carbocycles. The average Bonchev–Trinajstić information content (AvgIpc) is 2.71. The summed E-state index contributed by atoms with van der Waals surface area (Å²) in [5.41, 5.74) is 7.31. The quantitative estimate of drug-likeness (QED) is 0.801. The molecule has 3 N–H and O–H groups in total. The van der Waals surface area contributed by atoms with Gasteiger partial charge in [0, 0.05) is 56.1 Å². The van der Waals surface area contributed by atoms with Gasteiger partial charge in [0.1, 0.15) is 0 Å². The first-order chi connectivity index (χ1) is 13.8. The van der Waals surface area contributed by atoms with Crippen LogP contribution in [-0.2, 0) is 4.79 Å². The summed E-state index contributed by atoms with van der Waals surface area (Å²) in [7, 11) is 3.51. The van der Waals surface area contributed by atoms with Crippen LogP contribution in [0.3, 0.4) is 0 Å². The van der Waals surface area contributed by atoms with Gasteiger partial charge >= 0.3 is 0 Å². The van der Waals surface area contributed by atoms with Crippen LogP contribution in [0.4, 0.5) is 0 Å². The Kier molecular flexibility index (Phi) is 6.49. The summed E-state index contributed by atoms with van der Waals surface area (Å²) in [4.78, 5) is 38.2. The largest absolute Gasteiger partial charge is 0.349 e. The Morgan fingerprint density at radius 3 is 2.52 bits per heavy atom. The maximum atomic E-state index is 12.7. The molecular weight excluding hydrogens is 368 g/mol. The summed E-state index contributed by atoms with van der Waals surface area (Å²) in [6.07, 6.45) is 4.55. The second-order valence-corrected chi connectivity index (χ2v) is 7.87. The molecule has 0 spiro atoms. The van der Waals surface area contributed by atoms with Crippen LogP contribution >= 0.6 is 0 Å². The van der Waals surface area contributed by atoms with Gasteiger partial charge in [-0.2, -0.15) is 0 Å². The highest BCUT2D eigenvalue weighted by Gasteiger charge is 2.30. The van der Waals surface area contributed by atoms with E-state index in [1.54, 1.807) is 61.6 Å². The van der Waals surface area contributed by atoms with E-state index in [0.717, 1.165) is 12.8 Å². The summed E-state index contributed by atoms with van der Waals surface area (Å²) < 4.78 is 1.52. The van der Waals surface area contributed by atoms with Gasteiger partial charge in [0.2, 0.25) is 5.91 Å². The van der Waals surface area contributed by atoms with Crippen LogP contribution in [0.1, 0.15) is 36.0 Å². The number of aromatic nitrogens is 1. The van der Waals surface area contributed by atoms with Gasteiger partial charge in [0.25, 0.3) is 11.5 Å². The predicted molar refractivity (Wildman–Crippen MR) is 112 cm³/mol. The third kappa shape index (κ3) is 5.12. The summed E-state index contributed by atoms with van der Waals surface area (Å²) in [5, 5.41) is 3.03. The van der Waals surface area contributed by atoms with Crippen LogP contribution in [0.25, 0.3) is 5.69 Å². The lowest BCUT2D eigenvalue weighted by Crippen LogP contribution is -2.51. The molecule has 1 aliphatic rings. The van der Waals surface area contributed by atoms with Gasteiger partial charge in [-0.3, -0.25) is 19.0 Å². The Morgan fingerprint density at radius 2 is 1.86 bits per heavy atom. The fraction of sp³-hybridized carbons (Fsp3) is 0.409. The molecule has 0 radical (unpaired) electrons. The Hall–Kier alpha value is -2.93. The number of nitrogens with two attached hydrogens (primary N) is 1. The molecule has 29 heavy (non-hydrogen) atoms. The first-order valence-corrected chi connectivity index (χ1v) is 9.90. The van der Waals surface area contributed by atoms with Crippen molar-refractivity contribution in [2.24, 2.45) is 11.7 Å². The molecule has 2 amide bonds. The second-order valence-electron chi connectivity index (χ2n) is 7.87. The van der Waals surface area contributed by atoms with E-state index in [1.807, 2.05) is 0 Å². The summed E-state index contributed by atoms with van der Waals surface area (Å²) in [5.74, 6) is 0.126. The third-order valence-electron chi connectivity index (χ3n) is 5.52. The number of nitrogens with zero attached hydrogens (tertiary/aromatic N) is 2. The number of hydrogen-bond donors (Lipinski definition) is 2. The normalized spacial score (nSPS) is 21.4. The van der Waals surface area contributed by atoms with Crippen LogP contribution < -0.4 is 16.6 Å². The Morgan fingerprint density at radius 1 is 1.14 bits per heavy atom. The van der Waals surface area contributed by atoms with Crippen molar-refractivity contribution in [1.29, 1.82) is 0 Å². The van der Waals surface area contributed by atoms with Gasteiger partial charge in [-0.25, -0.2) is 0 Å². The molecule has 0 saturated heterocycles. The molecule has 0 bridgehead atoms. The Labute approximate surface area is 170 Å². The zero-order chi connectivity index (χ0) is 21.0. The van der Waals surface area contributed by atoms with Crippen LogP contribution in [0.5, 0.6) is 0 Å². The maximum absolute atomic E-state index is 12.7. The molecule has 3 rings (SSSR count). The van der Waals surface area contributed by atoms with E-state index in [0.29, 0.717) is 24.1 Å². The van der Waals surface area contributed by atoms with E-state index < -0.39 is 0 Å². The van der Waals surface area contributed by atoms with Gasteiger partial charge in [0.05, 0.1) is 0 Å². The predicted octanol–water partition coefficient (Wildman–Crippen LogP) is 1.54. The smallest absolute Gasteiger partial charge is 0.255 e. The number of pyridine rings is 1. The van der Waals surface area contributed by atoms with Crippen molar-refractivity contribution >= 4 is 11.8 Å². The molecule has 3 unspecified atom stereocenters. The van der Waals surface area contributed by atoms with E-state index >= 15 is 0 Å². The SMILES string of the molecule is CN(C)C(=O)CC1CCC(N)C(NC(=O)c2ccc(-n3ccccc3=O)cc2)C1. The lowest BCUT2D eigenvalue weighted by molar-refractivity contribution is -0.130. The average molecular weight is 396 g/mol. The van der Waals surface area contributed by atoms with Gasteiger partial charge in [-0.05, 0) is 55.5 Å². The number of carbonyl (C=O) groups excluding carboxylic acids is 2. The summed E-state index contributed by atoms with van der Waals surface area (Å²) >= 11 is 0. The van der Waals surface area contributed by atoms with Gasteiger partial charge in [-0.1, -0.05) is 6.07 Å². The highest BCUT2D eigenvalue weighted by atomic mass is 16.2. The van der Waals surface area contributed by atoms with E-state index in [2.05, 4.69) is 5.32 Å². The van der Waals surface area contributed by atoms with Crippen molar-refractivity contribution < 1.29 is 9.59 Å². The second kappa shape index (κ2) is 9.05. The van der Waals surface area contributed by atoms with Gasteiger partial charge < -0.3 is 16.0 Å². The van der Waals surface area contributed by atoms with E-state index in [4.69, 9.17) is 5.73 Å². The van der Waals surface area contributed by atoms with Crippen molar-refractivity contribution in [3.8, 4) is 5.69 Å². The number of carbonyl (C=O) groups is 2. The van der Waals surface area contributed by atoms with E-state index in [1.165, 1.54) is 10.6 Å². The fourth-order valence-electron chi connectivity index (χ4n) is 3.73. The molecule has 7 nitrogen and oxygen atoms in total. The number of benzene rings is 1. The van der Waals surface area contributed by atoms with Crippen LogP contribution in [0.15, 0.2) is 53.5 Å².